The van der Waals surface area contributed by atoms with Crippen LogP contribution < -0.4 is 11.1 Å². The van der Waals surface area contributed by atoms with Crippen LogP contribution in [0.5, 0.6) is 0 Å². The van der Waals surface area contributed by atoms with Gasteiger partial charge in [-0.15, -0.1) is 0 Å². The van der Waals surface area contributed by atoms with Gasteiger partial charge < -0.3 is 16.0 Å². The van der Waals surface area contributed by atoms with Crippen LogP contribution in [-0.4, -0.2) is 43.2 Å². The summed E-state index contributed by atoms with van der Waals surface area (Å²) in [5.41, 5.74) is 9.72. The zero-order valence-electron chi connectivity index (χ0n) is 19.1. The summed E-state index contributed by atoms with van der Waals surface area (Å²) in [5.74, 6) is 1.73. The first-order valence-electron chi connectivity index (χ1n) is 11.5. The third-order valence-corrected chi connectivity index (χ3v) is 6.12. The molecule has 1 fully saturated rings. The second kappa shape index (κ2) is 9.35. The molecule has 8 nitrogen and oxygen atoms in total. The van der Waals surface area contributed by atoms with Crippen molar-refractivity contribution < 1.29 is 4.79 Å². The van der Waals surface area contributed by atoms with E-state index in [1.54, 1.807) is 36.7 Å². The molecule has 5 rings (SSSR count). The van der Waals surface area contributed by atoms with Gasteiger partial charge in [-0.3, -0.25) is 9.20 Å². The highest BCUT2D eigenvalue weighted by molar-refractivity contribution is 6.04. The zero-order valence-corrected chi connectivity index (χ0v) is 19.1. The summed E-state index contributed by atoms with van der Waals surface area (Å²) in [6, 6.07) is 14.7. The number of amides is 1. The van der Waals surface area contributed by atoms with E-state index in [0.717, 1.165) is 48.5 Å². The lowest BCUT2D eigenvalue weighted by atomic mass is 9.94. The van der Waals surface area contributed by atoms with Gasteiger partial charge >= 0.3 is 0 Å². The molecule has 1 aliphatic heterocycles. The van der Waals surface area contributed by atoms with Gasteiger partial charge in [0.1, 0.15) is 11.6 Å². The Morgan fingerprint density at radius 3 is 2.74 bits per heavy atom. The number of nitrogens with one attached hydrogen (secondary N) is 1. The van der Waals surface area contributed by atoms with Gasteiger partial charge in [0.25, 0.3) is 5.91 Å². The summed E-state index contributed by atoms with van der Waals surface area (Å²) in [6.07, 6.45) is 9.79. The standard InChI is InChI=1S/C26H27N7O/c1-2-15-32-16-5-6-20(17-32)23-21-12-14-29-26(27)33(21)24(31-23)18-8-10-19(11-9-18)25(34)30-22-7-3-4-13-28-22/h2-4,7-15,20H,5-6,16-17H2,1H3,(H2,27,29)(H,28,30,34). The van der Waals surface area contributed by atoms with E-state index >= 15 is 0 Å². The number of benzene rings is 1. The molecule has 1 aromatic carbocycles. The molecule has 34 heavy (non-hydrogen) atoms. The first kappa shape index (κ1) is 21.6. The highest BCUT2D eigenvalue weighted by Gasteiger charge is 2.26. The molecule has 0 aliphatic carbocycles. The summed E-state index contributed by atoms with van der Waals surface area (Å²) in [6.45, 7) is 4.02. The van der Waals surface area contributed by atoms with Crippen LogP contribution >= 0.6 is 0 Å². The third kappa shape index (κ3) is 4.22. The van der Waals surface area contributed by atoms with E-state index in [1.165, 1.54) is 0 Å². The first-order chi connectivity index (χ1) is 16.6. The lowest BCUT2D eigenvalue weighted by Gasteiger charge is -2.31. The van der Waals surface area contributed by atoms with Crippen molar-refractivity contribution in [1.82, 2.24) is 24.3 Å². The van der Waals surface area contributed by atoms with Crippen LogP contribution in [0.2, 0.25) is 0 Å². The number of allylic oxidation sites excluding steroid dienone is 1. The molecule has 0 radical (unpaired) electrons. The third-order valence-electron chi connectivity index (χ3n) is 6.12. The highest BCUT2D eigenvalue weighted by Crippen LogP contribution is 2.33. The van der Waals surface area contributed by atoms with Crippen LogP contribution in [0.4, 0.5) is 11.8 Å². The monoisotopic (exact) mass is 453 g/mol. The summed E-state index contributed by atoms with van der Waals surface area (Å²) >= 11 is 0. The van der Waals surface area contributed by atoms with Gasteiger partial charge in [0.05, 0.1) is 11.2 Å². The molecule has 1 unspecified atom stereocenters. The van der Waals surface area contributed by atoms with E-state index in [1.807, 2.05) is 35.6 Å². The van der Waals surface area contributed by atoms with Gasteiger partial charge in [-0.25, -0.2) is 15.0 Å². The number of rotatable bonds is 5. The van der Waals surface area contributed by atoms with E-state index in [2.05, 4.69) is 32.5 Å². The van der Waals surface area contributed by atoms with Crippen molar-refractivity contribution in [1.29, 1.82) is 0 Å². The predicted molar refractivity (Wildman–Crippen MR) is 133 cm³/mol. The van der Waals surface area contributed by atoms with Crippen LogP contribution in [-0.2, 0) is 0 Å². The molecule has 1 saturated heterocycles. The maximum atomic E-state index is 12.6. The summed E-state index contributed by atoms with van der Waals surface area (Å²) in [7, 11) is 0. The molecule has 0 spiro atoms. The van der Waals surface area contributed by atoms with Crippen LogP contribution in [0.1, 0.15) is 41.7 Å². The van der Waals surface area contributed by atoms with Gasteiger partial charge in [-0.05, 0) is 56.3 Å². The number of carbonyl (C=O) groups is 1. The van der Waals surface area contributed by atoms with Crippen LogP contribution in [0, 0.1) is 0 Å². The number of fused-ring (bicyclic) bond motifs is 1. The molecular weight excluding hydrogens is 426 g/mol. The van der Waals surface area contributed by atoms with Crippen molar-refractivity contribution in [3.8, 4) is 11.4 Å². The Balaban J connectivity index is 1.47. The number of nitrogen functional groups attached to an aromatic ring is 1. The number of hydrogen-bond acceptors (Lipinski definition) is 6. The summed E-state index contributed by atoms with van der Waals surface area (Å²) in [4.78, 5) is 28.5. The van der Waals surface area contributed by atoms with Gasteiger partial charge in [-0.2, -0.15) is 0 Å². The van der Waals surface area contributed by atoms with Crippen molar-refractivity contribution in [2.75, 3.05) is 24.1 Å². The van der Waals surface area contributed by atoms with Gasteiger partial charge in [-0.1, -0.05) is 24.3 Å². The number of anilines is 2. The molecule has 3 N–H and O–H groups in total. The Morgan fingerprint density at radius 2 is 1.97 bits per heavy atom. The molecule has 0 bridgehead atoms. The predicted octanol–water partition coefficient (Wildman–Crippen LogP) is 4.34. The highest BCUT2D eigenvalue weighted by atomic mass is 16.1. The number of nitrogens with zero attached hydrogens (tertiary/aromatic N) is 5. The molecule has 8 heteroatoms. The lowest BCUT2D eigenvalue weighted by molar-refractivity contribution is 0.102. The molecule has 4 heterocycles. The second-order valence-electron chi connectivity index (χ2n) is 8.41. The number of nitrogens with two attached hydrogens (primary N) is 1. The minimum Gasteiger partial charge on any atom is -0.377 e. The van der Waals surface area contributed by atoms with E-state index in [4.69, 9.17) is 10.7 Å². The minimum absolute atomic E-state index is 0.216. The number of piperidine rings is 1. The molecule has 4 aromatic rings. The van der Waals surface area contributed by atoms with Gasteiger partial charge in [0.2, 0.25) is 5.95 Å². The normalized spacial score (nSPS) is 16.3. The number of likely N-dealkylation sites (tertiary alicyclic amines) is 1. The summed E-state index contributed by atoms with van der Waals surface area (Å²) in [5, 5.41) is 2.81. The van der Waals surface area contributed by atoms with Gasteiger partial charge in [0.15, 0.2) is 0 Å². The van der Waals surface area contributed by atoms with E-state index in [0.29, 0.717) is 23.2 Å². The molecular formula is C26H27N7O. The van der Waals surface area contributed by atoms with Gasteiger partial charge in [0, 0.05) is 42.5 Å². The largest absolute Gasteiger partial charge is 0.377 e. The van der Waals surface area contributed by atoms with E-state index < -0.39 is 0 Å². The molecule has 3 aromatic heterocycles. The molecule has 1 aliphatic rings. The van der Waals surface area contributed by atoms with Crippen LogP contribution in [0.3, 0.4) is 0 Å². The van der Waals surface area contributed by atoms with Crippen molar-refractivity contribution in [2.24, 2.45) is 0 Å². The number of pyridine rings is 1. The maximum Gasteiger partial charge on any atom is 0.256 e. The zero-order chi connectivity index (χ0) is 23.5. The van der Waals surface area contributed by atoms with E-state index in [9.17, 15) is 4.79 Å². The van der Waals surface area contributed by atoms with Crippen LogP contribution in [0.25, 0.3) is 16.9 Å². The number of imidazole rings is 1. The molecule has 1 atom stereocenters. The minimum atomic E-state index is -0.216. The Bertz CT molecular complexity index is 1330. The molecule has 0 saturated carbocycles. The maximum absolute atomic E-state index is 12.6. The van der Waals surface area contributed by atoms with Crippen molar-refractivity contribution in [2.45, 2.75) is 25.7 Å². The Kier molecular flexibility index (Phi) is 5.95. The Morgan fingerprint density at radius 1 is 1.12 bits per heavy atom. The fourth-order valence-electron chi connectivity index (χ4n) is 4.55. The van der Waals surface area contributed by atoms with Crippen molar-refractivity contribution in [3.63, 3.8) is 0 Å². The Labute approximate surface area is 198 Å². The number of hydrogen-bond donors (Lipinski definition) is 2. The van der Waals surface area contributed by atoms with E-state index in [-0.39, 0.29) is 5.91 Å². The SMILES string of the molecule is CC=CN1CCCC(c2nc(-c3ccc(C(=O)Nc4ccccn4)cc3)n3c(N)nccc23)C1. The fraction of sp³-hybridized carbons (Fsp3) is 0.231. The molecule has 1 amide bonds. The fourth-order valence-corrected chi connectivity index (χ4v) is 4.55. The smallest absolute Gasteiger partial charge is 0.256 e. The second-order valence-corrected chi connectivity index (χ2v) is 8.41. The quantitative estimate of drug-likeness (QED) is 0.466. The Hall–Kier alpha value is -4.20. The number of carbonyl (C=O) groups excluding carboxylic acids is 1. The molecule has 172 valence electrons. The topological polar surface area (TPSA) is 101 Å². The van der Waals surface area contributed by atoms with Crippen LogP contribution in [0.15, 0.2) is 73.2 Å². The summed E-state index contributed by atoms with van der Waals surface area (Å²) < 4.78 is 1.91. The number of aromatic nitrogens is 4. The van der Waals surface area contributed by atoms with Crippen molar-refractivity contribution >= 4 is 23.2 Å². The average Bonchev–Trinajstić information content (AvgIpc) is 3.26. The van der Waals surface area contributed by atoms with Crippen molar-refractivity contribution in [3.05, 3.63) is 84.5 Å². The average molecular weight is 454 g/mol. The lowest BCUT2D eigenvalue weighted by Crippen LogP contribution is -2.30. The first-order valence-corrected chi connectivity index (χ1v) is 11.5.